The van der Waals surface area contributed by atoms with E-state index in [0.717, 1.165) is 29.9 Å². The largest absolute Gasteiger partial charge is 0.355 e. The summed E-state index contributed by atoms with van der Waals surface area (Å²) < 4.78 is 0. The Morgan fingerprint density at radius 3 is 2.21 bits per heavy atom. The highest BCUT2D eigenvalue weighted by Gasteiger charge is 2.50. The molecule has 5 heteroatoms. The van der Waals surface area contributed by atoms with E-state index in [2.05, 4.69) is 10.6 Å². The number of carbonyl (C=O) groups is 2. The molecule has 152 valence electrons. The minimum absolute atomic E-state index is 0.0572. The lowest BCUT2D eigenvalue weighted by molar-refractivity contribution is -0.123. The summed E-state index contributed by atoms with van der Waals surface area (Å²) in [5.41, 5.74) is 1.46. The summed E-state index contributed by atoms with van der Waals surface area (Å²) in [6, 6.07) is 9.76. The van der Waals surface area contributed by atoms with E-state index in [4.69, 9.17) is 0 Å². The van der Waals surface area contributed by atoms with Crippen LogP contribution in [0, 0.1) is 23.2 Å². The summed E-state index contributed by atoms with van der Waals surface area (Å²) in [4.78, 5) is 26.1. The van der Waals surface area contributed by atoms with Gasteiger partial charge in [0.2, 0.25) is 5.91 Å². The molecule has 4 saturated carbocycles. The second kappa shape index (κ2) is 8.14. The van der Waals surface area contributed by atoms with Gasteiger partial charge in [-0.2, -0.15) is 0 Å². The highest BCUT2D eigenvalue weighted by atomic mass is 16.2. The van der Waals surface area contributed by atoms with Crippen molar-refractivity contribution in [2.24, 2.45) is 23.2 Å². The van der Waals surface area contributed by atoms with Gasteiger partial charge in [0.25, 0.3) is 0 Å². The van der Waals surface area contributed by atoms with Crippen molar-refractivity contribution in [1.82, 2.24) is 15.5 Å². The highest BCUT2D eigenvalue weighted by Crippen LogP contribution is 2.59. The quantitative estimate of drug-likeness (QED) is 0.756. The minimum Gasteiger partial charge on any atom is -0.355 e. The van der Waals surface area contributed by atoms with Crippen LogP contribution in [0.1, 0.15) is 50.5 Å². The molecular formula is C23H33N3O2. The topological polar surface area (TPSA) is 61.4 Å². The van der Waals surface area contributed by atoms with Gasteiger partial charge < -0.3 is 15.5 Å². The Labute approximate surface area is 168 Å². The summed E-state index contributed by atoms with van der Waals surface area (Å²) in [5, 5.41) is 6.03. The second-order valence-electron chi connectivity index (χ2n) is 9.52. The zero-order chi connectivity index (χ0) is 19.6. The van der Waals surface area contributed by atoms with Crippen LogP contribution in [0.25, 0.3) is 0 Å². The van der Waals surface area contributed by atoms with Gasteiger partial charge in [-0.1, -0.05) is 30.3 Å². The number of nitrogens with zero attached hydrogens (tertiary/aromatic N) is 1. The molecule has 0 heterocycles. The lowest BCUT2D eigenvalue weighted by atomic mass is 9.49. The van der Waals surface area contributed by atoms with E-state index in [1.165, 1.54) is 38.5 Å². The molecule has 0 aliphatic heterocycles. The zero-order valence-electron chi connectivity index (χ0n) is 17.0. The predicted octanol–water partition coefficient (Wildman–Crippen LogP) is 3.55. The van der Waals surface area contributed by atoms with E-state index in [9.17, 15) is 9.59 Å². The third kappa shape index (κ3) is 4.50. The molecule has 4 fully saturated rings. The average Bonchev–Trinajstić information content (AvgIpc) is 2.66. The molecule has 5 nitrogen and oxygen atoms in total. The normalized spacial score (nSPS) is 30.1. The Bertz CT molecular complexity index is 668. The molecule has 0 unspecified atom stereocenters. The Balaban J connectivity index is 1.15. The molecule has 28 heavy (non-hydrogen) atoms. The van der Waals surface area contributed by atoms with Crippen molar-refractivity contribution in [2.75, 3.05) is 20.1 Å². The average molecular weight is 384 g/mol. The van der Waals surface area contributed by atoms with Crippen molar-refractivity contribution in [1.29, 1.82) is 0 Å². The standard InChI is InChI=1S/C23H33N3O2/c1-26(15-17-5-3-2-4-6-17)22(28)24-8-7-21(27)25-16-23-12-18-9-19(13-23)11-20(10-18)14-23/h2-6,18-20H,7-16H2,1H3,(H,24,28)(H,25,27). The monoisotopic (exact) mass is 383 g/mol. The number of urea groups is 1. The summed E-state index contributed by atoms with van der Waals surface area (Å²) in [5.74, 6) is 2.77. The summed E-state index contributed by atoms with van der Waals surface area (Å²) >= 11 is 0. The number of hydrogen-bond donors (Lipinski definition) is 2. The molecule has 0 saturated heterocycles. The lowest BCUT2D eigenvalue weighted by Gasteiger charge is -2.56. The summed E-state index contributed by atoms with van der Waals surface area (Å²) in [7, 11) is 1.77. The van der Waals surface area contributed by atoms with Crippen LogP contribution in [0.5, 0.6) is 0 Å². The number of nitrogens with one attached hydrogen (secondary N) is 2. The van der Waals surface area contributed by atoms with Gasteiger partial charge in [0.1, 0.15) is 0 Å². The van der Waals surface area contributed by atoms with E-state index in [0.29, 0.717) is 24.9 Å². The lowest BCUT2D eigenvalue weighted by Crippen LogP contribution is -2.51. The smallest absolute Gasteiger partial charge is 0.317 e. The maximum absolute atomic E-state index is 12.3. The van der Waals surface area contributed by atoms with Crippen molar-refractivity contribution < 1.29 is 9.59 Å². The third-order valence-electron chi connectivity index (χ3n) is 7.06. The summed E-state index contributed by atoms with van der Waals surface area (Å²) in [6.07, 6.45) is 8.54. The first kappa shape index (κ1) is 19.3. The zero-order valence-corrected chi connectivity index (χ0v) is 17.0. The van der Waals surface area contributed by atoms with Crippen molar-refractivity contribution in [3.8, 4) is 0 Å². The van der Waals surface area contributed by atoms with Crippen LogP contribution in [0.3, 0.4) is 0 Å². The maximum atomic E-state index is 12.3. The van der Waals surface area contributed by atoms with Gasteiger partial charge in [-0.05, 0) is 67.3 Å². The van der Waals surface area contributed by atoms with Gasteiger partial charge in [-0.15, -0.1) is 0 Å². The number of rotatable bonds is 7. The fourth-order valence-electron chi connectivity index (χ4n) is 6.23. The maximum Gasteiger partial charge on any atom is 0.317 e. The first-order valence-corrected chi connectivity index (χ1v) is 10.8. The van der Waals surface area contributed by atoms with Crippen LogP contribution in [0.4, 0.5) is 4.79 Å². The number of carbonyl (C=O) groups excluding carboxylic acids is 2. The van der Waals surface area contributed by atoms with E-state index in [1.807, 2.05) is 30.3 Å². The van der Waals surface area contributed by atoms with E-state index >= 15 is 0 Å². The molecule has 0 atom stereocenters. The van der Waals surface area contributed by atoms with Crippen molar-refractivity contribution in [3.63, 3.8) is 0 Å². The van der Waals surface area contributed by atoms with E-state index in [-0.39, 0.29) is 11.9 Å². The molecule has 0 radical (unpaired) electrons. The number of amides is 3. The van der Waals surface area contributed by atoms with Crippen LogP contribution in [0.15, 0.2) is 30.3 Å². The number of benzene rings is 1. The van der Waals surface area contributed by atoms with Gasteiger partial charge in [-0.3, -0.25) is 4.79 Å². The Hall–Kier alpha value is -2.04. The molecular weight excluding hydrogens is 350 g/mol. The molecule has 4 aliphatic carbocycles. The molecule has 0 aromatic heterocycles. The molecule has 1 aromatic rings. The predicted molar refractivity (Wildman–Crippen MR) is 110 cm³/mol. The first-order valence-electron chi connectivity index (χ1n) is 10.8. The van der Waals surface area contributed by atoms with Gasteiger partial charge in [0.05, 0.1) is 0 Å². The highest BCUT2D eigenvalue weighted by molar-refractivity contribution is 5.78. The van der Waals surface area contributed by atoms with Crippen LogP contribution in [-0.2, 0) is 11.3 Å². The molecule has 5 rings (SSSR count). The SMILES string of the molecule is CN(Cc1ccccc1)C(=O)NCCC(=O)NCC12CC3CC(CC(C3)C1)C2. The molecule has 2 N–H and O–H groups in total. The summed E-state index contributed by atoms with van der Waals surface area (Å²) in [6.45, 7) is 1.77. The third-order valence-corrected chi connectivity index (χ3v) is 7.06. The molecule has 4 bridgehead atoms. The van der Waals surface area contributed by atoms with Crippen molar-refractivity contribution in [2.45, 2.75) is 51.5 Å². The second-order valence-corrected chi connectivity index (χ2v) is 9.52. The van der Waals surface area contributed by atoms with Gasteiger partial charge >= 0.3 is 6.03 Å². The van der Waals surface area contributed by atoms with E-state index < -0.39 is 0 Å². The van der Waals surface area contributed by atoms with Crippen molar-refractivity contribution >= 4 is 11.9 Å². The number of hydrogen-bond acceptors (Lipinski definition) is 2. The van der Waals surface area contributed by atoms with Crippen molar-refractivity contribution in [3.05, 3.63) is 35.9 Å². The fourth-order valence-corrected chi connectivity index (χ4v) is 6.23. The first-order chi connectivity index (χ1) is 13.5. The Kier molecular flexibility index (Phi) is 5.61. The van der Waals surface area contributed by atoms with Crippen LogP contribution < -0.4 is 10.6 Å². The minimum atomic E-state index is -0.141. The van der Waals surface area contributed by atoms with Crippen LogP contribution in [0.2, 0.25) is 0 Å². The fraction of sp³-hybridized carbons (Fsp3) is 0.652. The molecule has 3 amide bonds. The van der Waals surface area contributed by atoms with Gasteiger partial charge in [0.15, 0.2) is 0 Å². The Morgan fingerprint density at radius 1 is 1.00 bits per heavy atom. The molecule has 4 aliphatic rings. The molecule has 0 spiro atoms. The van der Waals surface area contributed by atoms with Crippen LogP contribution >= 0.6 is 0 Å². The van der Waals surface area contributed by atoms with Crippen LogP contribution in [-0.4, -0.2) is 37.0 Å². The molecule has 1 aromatic carbocycles. The van der Waals surface area contributed by atoms with Gasteiger partial charge in [0, 0.05) is 33.1 Å². The Morgan fingerprint density at radius 2 is 1.61 bits per heavy atom. The van der Waals surface area contributed by atoms with Gasteiger partial charge in [-0.25, -0.2) is 4.79 Å². The van der Waals surface area contributed by atoms with E-state index in [1.54, 1.807) is 11.9 Å².